The van der Waals surface area contributed by atoms with Crippen LogP contribution in [0.3, 0.4) is 0 Å². The van der Waals surface area contributed by atoms with Gasteiger partial charge in [0.05, 0.1) is 6.61 Å². The molecule has 1 fully saturated rings. The van der Waals surface area contributed by atoms with Crippen LogP contribution in [0.5, 0.6) is 0 Å². The molecule has 1 saturated heterocycles. The quantitative estimate of drug-likeness (QED) is 0.836. The minimum absolute atomic E-state index is 0.112. The highest BCUT2D eigenvalue weighted by molar-refractivity contribution is 5.46. The molecule has 0 spiro atoms. The van der Waals surface area contributed by atoms with E-state index in [1.807, 2.05) is 25.3 Å². The van der Waals surface area contributed by atoms with Crippen molar-refractivity contribution in [2.24, 2.45) is 0 Å². The van der Waals surface area contributed by atoms with Gasteiger partial charge in [-0.05, 0) is 44.0 Å². The summed E-state index contributed by atoms with van der Waals surface area (Å²) in [6.07, 6.45) is 4.32. The molecule has 6 heteroatoms. The highest BCUT2D eigenvalue weighted by Crippen LogP contribution is 2.14. The fourth-order valence-corrected chi connectivity index (χ4v) is 2.68. The number of aliphatic hydroxyl groups excluding tert-OH is 1. The fourth-order valence-electron chi connectivity index (χ4n) is 2.68. The number of hydrogen-bond donors (Lipinski definition) is 2. The molecular weight excluding hydrogens is 254 g/mol. The van der Waals surface area contributed by atoms with Crippen LogP contribution in [-0.2, 0) is 0 Å². The molecule has 108 valence electrons. The molecule has 0 aliphatic carbocycles. The van der Waals surface area contributed by atoms with Crippen molar-refractivity contribution in [1.29, 1.82) is 0 Å². The first-order chi connectivity index (χ1) is 9.76. The average molecular weight is 275 g/mol. The van der Waals surface area contributed by atoms with Gasteiger partial charge in [0.1, 0.15) is 0 Å². The second-order valence-corrected chi connectivity index (χ2v) is 5.38. The predicted molar refractivity (Wildman–Crippen MR) is 78.0 cm³/mol. The third-order valence-corrected chi connectivity index (χ3v) is 3.74. The number of fused-ring (bicyclic) bond motifs is 1. The number of aromatic nitrogens is 3. The highest BCUT2D eigenvalue weighted by Gasteiger charge is 2.20. The van der Waals surface area contributed by atoms with Gasteiger partial charge in [0.2, 0.25) is 5.95 Å². The molecule has 6 nitrogen and oxygen atoms in total. The Morgan fingerprint density at radius 3 is 3.20 bits per heavy atom. The number of aryl methyl sites for hydroxylation is 1. The Morgan fingerprint density at radius 2 is 2.45 bits per heavy atom. The molecule has 0 saturated carbocycles. The molecule has 2 N–H and O–H groups in total. The molecule has 20 heavy (non-hydrogen) atoms. The van der Waals surface area contributed by atoms with E-state index in [2.05, 4.69) is 20.3 Å². The minimum Gasteiger partial charge on any atom is -0.395 e. The third kappa shape index (κ3) is 2.76. The van der Waals surface area contributed by atoms with E-state index in [1.54, 1.807) is 4.52 Å². The summed E-state index contributed by atoms with van der Waals surface area (Å²) in [5, 5.41) is 17.2. The minimum atomic E-state index is 0.112. The second-order valence-electron chi connectivity index (χ2n) is 5.38. The van der Waals surface area contributed by atoms with Crippen LogP contribution in [0.15, 0.2) is 18.3 Å². The van der Waals surface area contributed by atoms with Crippen LogP contribution >= 0.6 is 0 Å². The van der Waals surface area contributed by atoms with E-state index in [9.17, 15) is 5.11 Å². The van der Waals surface area contributed by atoms with Crippen LogP contribution in [0.1, 0.15) is 18.4 Å². The van der Waals surface area contributed by atoms with Gasteiger partial charge in [0.25, 0.3) is 0 Å². The van der Waals surface area contributed by atoms with Gasteiger partial charge in [-0.1, -0.05) is 0 Å². The molecule has 3 rings (SSSR count). The van der Waals surface area contributed by atoms with E-state index in [4.69, 9.17) is 0 Å². The lowest BCUT2D eigenvalue weighted by molar-refractivity contribution is 0.299. The van der Waals surface area contributed by atoms with Crippen LogP contribution < -0.4 is 10.2 Å². The van der Waals surface area contributed by atoms with Gasteiger partial charge in [-0.2, -0.15) is 4.98 Å². The largest absolute Gasteiger partial charge is 0.395 e. The van der Waals surface area contributed by atoms with Crippen LogP contribution in [0.4, 0.5) is 5.95 Å². The van der Waals surface area contributed by atoms with Gasteiger partial charge >= 0.3 is 0 Å². The summed E-state index contributed by atoms with van der Waals surface area (Å²) in [5.41, 5.74) is 2.02. The lowest BCUT2D eigenvalue weighted by atomic mass is 10.2. The average Bonchev–Trinajstić information content (AvgIpc) is 3.06. The van der Waals surface area contributed by atoms with E-state index in [1.165, 1.54) is 18.4 Å². The first-order valence-electron chi connectivity index (χ1n) is 7.18. The van der Waals surface area contributed by atoms with Crippen molar-refractivity contribution in [3.63, 3.8) is 0 Å². The lowest BCUT2D eigenvalue weighted by Gasteiger charge is -2.23. The van der Waals surface area contributed by atoms with Crippen molar-refractivity contribution in [3.8, 4) is 0 Å². The van der Waals surface area contributed by atoms with Crippen LogP contribution in [0.2, 0.25) is 0 Å². The summed E-state index contributed by atoms with van der Waals surface area (Å²) >= 11 is 0. The summed E-state index contributed by atoms with van der Waals surface area (Å²) in [6.45, 7) is 4.64. The van der Waals surface area contributed by atoms with Crippen molar-refractivity contribution in [2.75, 3.05) is 31.1 Å². The van der Waals surface area contributed by atoms with E-state index >= 15 is 0 Å². The zero-order valence-corrected chi connectivity index (χ0v) is 11.8. The maximum Gasteiger partial charge on any atom is 0.245 e. The third-order valence-electron chi connectivity index (χ3n) is 3.74. The summed E-state index contributed by atoms with van der Waals surface area (Å²) < 4.78 is 1.79. The van der Waals surface area contributed by atoms with Gasteiger partial charge in [0.15, 0.2) is 5.65 Å². The maximum absolute atomic E-state index is 9.27. The van der Waals surface area contributed by atoms with E-state index in [0.717, 1.165) is 18.7 Å². The second kappa shape index (κ2) is 5.76. The number of rotatable bonds is 5. The van der Waals surface area contributed by atoms with Crippen LogP contribution in [-0.4, -0.2) is 52.0 Å². The number of nitrogens with zero attached hydrogens (tertiary/aromatic N) is 4. The monoisotopic (exact) mass is 275 g/mol. The van der Waals surface area contributed by atoms with Crippen molar-refractivity contribution in [1.82, 2.24) is 19.9 Å². The summed E-state index contributed by atoms with van der Waals surface area (Å²) in [7, 11) is 0. The van der Waals surface area contributed by atoms with E-state index < -0.39 is 0 Å². The van der Waals surface area contributed by atoms with Crippen molar-refractivity contribution >= 4 is 11.6 Å². The molecule has 0 radical (unpaired) electrons. The van der Waals surface area contributed by atoms with E-state index in [-0.39, 0.29) is 6.61 Å². The van der Waals surface area contributed by atoms with E-state index in [0.29, 0.717) is 18.5 Å². The summed E-state index contributed by atoms with van der Waals surface area (Å²) in [4.78, 5) is 6.63. The zero-order valence-electron chi connectivity index (χ0n) is 11.8. The van der Waals surface area contributed by atoms with Crippen molar-refractivity contribution < 1.29 is 5.11 Å². The number of hydrogen-bond acceptors (Lipinski definition) is 5. The molecule has 0 aromatic carbocycles. The Kier molecular flexibility index (Phi) is 3.84. The first kappa shape index (κ1) is 13.3. The molecule has 0 amide bonds. The smallest absolute Gasteiger partial charge is 0.245 e. The number of nitrogens with one attached hydrogen (secondary N) is 1. The molecule has 1 aliphatic rings. The number of anilines is 1. The zero-order chi connectivity index (χ0) is 13.9. The Hall–Kier alpha value is -1.66. The Bertz CT molecular complexity index is 576. The van der Waals surface area contributed by atoms with Gasteiger partial charge in [-0.15, -0.1) is 5.10 Å². The van der Waals surface area contributed by atoms with Gasteiger partial charge in [0, 0.05) is 25.3 Å². The number of aliphatic hydroxyl groups is 1. The fraction of sp³-hybridized carbons (Fsp3) is 0.571. The van der Waals surface area contributed by atoms with Crippen LogP contribution in [0, 0.1) is 6.92 Å². The summed E-state index contributed by atoms with van der Waals surface area (Å²) in [6, 6.07) is 4.50. The highest BCUT2D eigenvalue weighted by atomic mass is 16.3. The molecule has 2 aromatic rings. The van der Waals surface area contributed by atoms with Crippen LogP contribution in [0.25, 0.3) is 5.65 Å². The molecular formula is C14H21N5O. The lowest BCUT2D eigenvalue weighted by Crippen LogP contribution is -2.39. The Labute approximate surface area is 118 Å². The van der Waals surface area contributed by atoms with Gasteiger partial charge in [-0.25, -0.2) is 4.52 Å². The maximum atomic E-state index is 9.27. The molecule has 1 atom stereocenters. The standard InChI is InChI=1S/C14H21N5O/c1-11-4-6-19-13(9-11)16-14(17-19)18(7-8-20)10-12-3-2-5-15-12/h4,6,9,12,15,20H,2-3,5,7-8,10H2,1H3. The molecule has 1 aliphatic heterocycles. The molecule has 1 unspecified atom stereocenters. The SMILES string of the molecule is Cc1ccn2nc(N(CCO)CC3CCCN3)nc2c1. The van der Waals surface area contributed by atoms with Crippen molar-refractivity contribution in [3.05, 3.63) is 23.9 Å². The molecule has 3 heterocycles. The summed E-state index contributed by atoms with van der Waals surface area (Å²) in [5.74, 6) is 0.693. The first-order valence-corrected chi connectivity index (χ1v) is 7.18. The Morgan fingerprint density at radius 1 is 1.55 bits per heavy atom. The van der Waals surface area contributed by atoms with Gasteiger partial charge < -0.3 is 15.3 Å². The molecule has 0 bridgehead atoms. The topological polar surface area (TPSA) is 65.7 Å². The van der Waals surface area contributed by atoms with Crippen molar-refractivity contribution in [2.45, 2.75) is 25.8 Å². The van der Waals surface area contributed by atoms with Gasteiger partial charge in [-0.3, -0.25) is 0 Å². The Balaban J connectivity index is 1.83. The molecule has 2 aromatic heterocycles. The number of pyridine rings is 1. The normalized spacial score (nSPS) is 18.8. The predicted octanol–water partition coefficient (Wildman–Crippen LogP) is 0.588.